The Morgan fingerprint density at radius 1 is 1.44 bits per heavy atom. The van der Waals surface area contributed by atoms with Crippen LogP contribution in [0.5, 0.6) is 0 Å². The molecular weight excluding hydrogens is 112 g/mol. The molecule has 0 spiro atoms. The molecule has 54 valence electrons. The predicted molar refractivity (Wildman–Crippen MR) is 39.9 cm³/mol. The number of nitriles is 1. The molecule has 0 aliphatic heterocycles. The molecule has 0 rings (SSSR count). The fourth-order valence-electron chi connectivity index (χ4n) is 0.394. The zero-order chi connectivity index (χ0) is 7.54. The van der Waals surface area contributed by atoms with E-state index in [0.717, 1.165) is 6.54 Å². The highest BCUT2D eigenvalue weighted by molar-refractivity contribution is 4.51. The van der Waals surface area contributed by atoms with Crippen LogP contribution in [0.1, 0.15) is 33.1 Å². The number of rotatable bonds is 3. The van der Waals surface area contributed by atoms with E-state index in [2.05, 4.69) is 6.92 Å². The van der Waals surface area contributed by atoms with Crippen LogP contribution < -0.4 is 5.73 Å². The summed E-state index contributed by atoms with van der Waals surface area (Å²) >= 11 is 0. The third-order valence-corrected chi connectivity index (χ3v) is 0.808. The highest BCUT2D eigenvalue weighted by Gasteiger charge is 1.75. The van der Waals surface area contributed by atoms with Crippen molar-refractivity contribution >= 4 is 0 Å². The van der Waals surface area contributed by atoms with E-state index in [-0.39, 0.29) is 0 Å². The normalized spacial score (nSPS) is 6.89. The Kier molecular flexibility index (Phi) is 19.6. The molecule has 0 heterocycles. The van der Waals surface area contributed by atoms with Crippen molar-refractivity contribution in [3.63, 3.8) is 0 Å². The van der Waals surface area contributed by atoms with E-state index >= 15 is 0 Å². The topological polar surface area (TPSA) is 49.8 Å². The maximum Gasteiger partial charge on any atom is 0.0587 e. The molecule has 2 N–H and O–H groups in total. The first-order valence-corrected chi connectivity index (χ1v) is 3.34. The van der Waals surface area contributed by atoms with Crippen molar-refractivity contribution in [2.75, 3.05) is 6.54 Å². The first-order chi connectivity index (χ1) is 4.33. The van der Waals surface area contributed by atoms with Crippen molar-refractivity contribution in [1.82, 2.24) is 0 Å². The van der Waals surface area contributed by atoms with Crippen LogP contribution in [0, 0.1) is 11.3 Å². The van der Waals surface area contributed by atoms with Gasteiger partial charge in [0.25, 0.3) is 0 Å². The van der Waals surface area contributed by atoms with Gasteiger partial charge in [0.2, 0.25) is 0 Å². The second-order valence-corrected chi connectivity index (χ2v) is 1.72. The summed E-state index contributed by atoms with van der Waals surface area (Å²) in [6.45, 7) is 4.46. The summed E-state index contributed by atoms with van der Waals surface area (Å²) in [4.78, 5) is 0. The average Bonchev–Trinajstić information content (AvgIpc) is 1.86. The summed E-state index contributed by atoms with van der Waals surface area (Å²) in [5.41, 5.74) is 5.21. The highest BCUT2D eigenvalue weighted by Crippen LogP contribution is 1.88. The molecule has 0 unspecified atom stereocenters. The average molecular weight is 128 g/mol. The predicted octanol–water partition coefficient (Wildman–Crippen LogP) is 1.67. The van der Waals surface area contributed by atoms with Crippen LogP contribution in [-0.4, -0.2) is 6.54 Å². The van der Waals surface area contributed by atoms with Gasteiger partial charge in [-0.05, 0) is 13.0 Å². The Labute approximate surface area is 57.7 Å². The maximum absolute atomic E-state index is 7.32. The van der Waals surface area contributed by atoms with Crippen molar-refractivity contribution in [2.45, 2.75) is 33.1 Å². The largest absolute Gasteiger partial charge is 0.330 e. The molecule has 9 heavy (non-hydrogen) atoms. The molecular formula is C7H16N2. The zero-order valence-corrected chi connectivity index (χ0v) is 6.35. The number of hydrogen-bond acceptors (Lipinski definition) is 2. The van der Waals surface area contributed by atoms with E-state index in [1.807, 2.05) is 0 Å². The van der Waals surface area contributed by atoms with Gasteiger partial charge in [0, 0.05) is 6.92 Å². The van der Waals surface area contributed by atoms with Crippen molar-refractivity contribution in [2.24, 2.45) is 5.73 Å². The first-order valence-electron chi connectivity index (χ1n) is 3.34. The van der Waals surface area contributed by atoms with Gasteiger partial charge in [-0.1, -0.05) is 19.8 Å². The Bertz CT molecular complexity index is 59.8. The molecule has 0 aliphatic rings. The van der Waals surface area contributed by atoms with Crippen LogP contribution in [0.3, 0.4) is 0 Å². The molecule has 0 atom stereocenters. The first kappa shape index (κ1) is 11.3. The van der Waals surface area contributed by atoms with Gasteiger partial charge >= 0.3 is 0 Å². The molecule has 0 amide bonds. The summed E-state index contributed by atoms with van der Waals surface area (Å²) in [5, 5.41) is 7.32. The summed E-state index contributed by atoms with van der Waals surface area (Å²) in [5.74, 6) is 0. The van der Waals surface area contributed by atoms with Crippen LogP contribution in [-0.2, 0) is 0 Å². The Morgan fingerprint density at radius 3 is 2.00 bits per heavy atom. The van der Waals surface area contributed by atoms with E-state index in [9.17, 15) is 0 Å². The van der Waals surface area contributed by atoms with Crippen LogP contribution in [0.4, 0.5) is 0 Å². The molecule has 0 aromatic heterocycles. The minimum Gasteiger partial charge on any atom is -0.330 e. The fraction of sp³-hybridized carbons (Fsp3) is 0.857. The van der Waals surface area contributed by atoms with E-state index < -0.39 is 0 Å². The molecule has 0 fully saturated rings. The molecule has 0 bridgehead atoms. The lowest BCUT2D eigenvalue weighted by molar-refractivity contribution is 0.727. The smallest absolute Gasteiger partial charge is 0.0587 e. The van der Waals surface area contributed by atoms with E-state index in [1.54, 1.807) is 6.07 Å². The summed E-state index contributed by atoms with van der Waals surface area (Å²) in [6, 6.07) is 1.75. The highest BCUT2D eigenvalue weighted by atomic mass is 14.5. The van der Waals surface area contributed by atoms with E-state index in [0.29, 0.717) is 0 Å². The minimum atomic E-state index is 0.855. The molecule has 0 saturated carbocycles. The SMILES string of the molecule is CC#N.CCCCCN. The Hall–Kier alpha value is -0.550. The molecule has 0 radical (unpaired) electrons. The number of unbranched alkanes of at least 4 members (excludes halogenated alkanes) is 2. The number of nitrogens with zero attached hydrogens (tertiary/aromatic N) is 1. The molecule has 2 heteroatoms. The second kappa shape index (κ2) is 15.7. The minimum absolute atomic E-state index is 0.855. The van der Waals surface area contributed by atoms with Gasteiger partial charge in [0.1, 0.15) is 0 Å². The van der Waals surface area contributed by atoms with Gasteiger partial charge in [-0.3, -0.25) is 0 Å². The number of nitrogens with two attached hydrogens (primary N) is 1. The fourth-order valence-corrected chi connectivity index (χ4v) is 0.394. The van der Waals surface area contributed by atoms with Crippen LogP contribution in [0.2, 0.25) is 0 Å². The monoisotopic (exact) mass is 128 g/mol. The summed E-state index contributed by atoms with van der Waals surface area (Å²) in [7, 11) is 0. The van der Waals surface area contributed by atoms with Crippen molar-refractivity contribution in [3.05, 3.63) is 0 Å². The van der Waals surface area contributed by atoms with Crippen molar-refractivity contribution in [1.29, 1.82) is 5.26 Å². The van der Waals surface area contributed by atoms with E-state index in [4.69, 9.17) is 11.0 Å². The van der Waals surface area contributed by atoms with Gasteiger partial charge in [-0.25, -0.2) is 0 Å². The summed E-state index contributed by atoms with van der Waals surface area (Å²) < 4.78 is 0. The lowest BCUT2D eigenvalue weighted by atomic mass is 10.3. The third-order valence-electron chi connectivity index (χ3n) is 0.808. The lowest BCUT2D eigenvalue weighted by Crippen LogP contribution is -1.96. The third kappa shape index (κ3) is 36.9. The number of hydrogen-bond donors (Lipinski definition) is 1. The lowest BCUT2D eigenvalue weighted by Gasteiger charge is -1.86. The van der Waals surface area contributed by atoms with Gasteiger partial charge in [-0.2, -0.15) is 5.26 Å². The van der Waals surface area contributed by atoms with Crippen molar-refractivity contribution < 1.29 is 0 Å². The summed E-state index contributed by atoms with van der Waals surface area (Å²) in [6.07, 6.45) is 3.75. The van der Waals surface area contributed by atoms with Gasteiger partial charge in [0.05, 0.1) is 6.07 Å². The zero-order valence-electron chi connectivity index (χ0n) is 6.35. The molecule has 0 saturated heterocycles. The van der Waals surface area contributed by atoms with Crippen molar-refractivity contribution in [3.8, 4) is 6.07 Å². The molecule has 0 aromatic carbocycles. The van der Waals surface area contributed by atoms with E-state index in [1.165, 1.54) is 26.2 Å². The van der Waals surface area contributed by atoms with Crippen LogP contribution in [0.15, 0.2) is 0 Å². The molecule has 0 aromatic rings. The maximum atomic E-state index is 7.32. The van der Waals surface area contributed by atoms with Gasteiger partial charge in [0.15, 0.2) is 0 Å². The Balaban J connectivity index is 0. The van der Waals surface area contributed by atoms with Gasteiger partial charge in [-0.15, -0.1) is 0 Å². The van der Waals surface area contributed by atoms with Crippen LogP contribution >= 0.6 is 0 Å². The molecule has 0 aliphatic carbocycles. The van der Waals surface area contributed by atoms with Gasteiger partial charge < -0.3 is 5.73 Å². The quantitative estimate of drug-likeness (QED) is 0.588. The standard InChI is InChI=1S/C5H13N.C2H3N/c1-2-3-4-5-6;1-2-3/h2-6H2,1H3;1H3. The Morgan fingerprint density at radius 2 is 1.89 bits per heavy atom. The molecule has 2 nitrogen and oxygen atoms in total. The second-order valence-electron chi connectivity index (χ2n) is 1.72. The van der Waals surface area contributed by atoms with Crippen LogP contribution in [0.25, 0.3) is 0 Å².